The van der Waals surface area contributed by atoms with Crippen LogP contribution in [0.4, 0.5) is 4.79 Å². The summed E-state index contributed by atoms with van der Waals surface area (Å²) in [5, 5.41) is 4.49. The molecular formula is C8H15N5OS. The molecule has 3 N–H and O–H groups in total. The lowest BCUT2D eigenvalue weighted by atomic mass is 10.4. The maximum atomic E-state index is 11.9. The molecule has 1 saturated heterocycles. The molecule has 7 heteroatoms. The van der Waals surface area contributed by atoms with Crippen LogP contribution in [0.25, 0.3) is 0 Å². The van der Waals surface area contributed by atoms with Crippen LogP contribution in [0.1, 0.15) is 13.8 Å². The Morgan fingerprint density at radius 1 is 1.47 bits per heavy atom. The predicted molar refractivity (Wildman–Crippen MR) is 60.1 cm³/mol. The lowest BCUT2D eigenvalue weighted by Gasteiger charge is -2.29. The zero-order valence-corrected chi connectivity index (χ0v) is 9.62. The fraction of sp³-hybridized carbons (Fsp3) is 0.750. The number of nitrogens with two attached hydrogens (primary N) is 1. The molecular weight excluding hydrogens is 214 g/mol. The summed E-state index contributed by atoms with van der Waals surface area (Å²) in [4.78, 5) is 15.5. The molecule has 2 heterocycles. The van der Waals surface area contributed by atoms with Gasteiger partial charge >= 0.3 is 6.03 Å². The van der Waals surface area contributed by atoms with Gasteiger partial charge in [-0.05, 0) is 13.8 Å². The minimum atomic E-state index is -0.0558. The lowest BCUT2D eigenvalue weighted by Crippen LogP contribution is -2.48. The second-order valence-electron chi connectivity index (χ2n) is 3.39. The van der Waals surface area contributed by atoms with Gasteiger partial charge in [-0.1, -0.05) is 11.8 Å². The summed E-state index contributed by atoms with van der Waals surface area (Å²) in [6.45, 7) is 5.30. The number of fused-ring (bicyclic) bond motifs is 1. The highest BCUT2D eigenvalue weighted by molar-refractivity contribution is 8.14. The molecule has 6 nitrogen and oxygen atoms in total. The van der Waals surface area contributed by atoms with E-state index in [0.717, 1.165) is 0 Å². The summed E-state index contributed by atoms with van der Waals surface area (Å²) >= 11 is 1.44. The van der Waals surface area contributed by atoms with E-state index in [1.165, 1.54) is 11.8 Å². The Balaban J connectivity index is 2.25. The van der Waals surface area contributed by atoms with Gasteiger partial charge in [0.1, 0.15) is 11.5 Å². The zero-order valence-electron chi connectivity index (χ0n) is 8.80. The fourth-order valence-corrected chi connectivity index (χ4v) is 2.96. The van der Waals surface area contributed by atoms with E-state index >= 15 is 0 Å². The van der Waals surface area contributed by atoms with Gasteiger partial charge in [0.25, 0.3) is 0 Å². The van der Waals surface area contributed by atoms with E-state index in [9.17, 15) is 4.79 Å². The molecule has 1 fully saturated rings. The molecule has 0 aromatic heterocycles. The third-order valence-corrected chi connectivity index (χ3v) is 3.72. The Morgan fingerprint density at radius 3 is 2.73 bits per heavy atom. The number of carbonyl (C=O) groups is 1. The van der Waals surface area contributed by atoms with Gasteiger partial charge in [0.05, 0.1) is 0 Å². The highest BCUT2D eigenvalue weighted by atomic mass is 32.2. The molecule has 0 unspecified atom stereocenters. The summed E-state index contributed by atoms with van der Waals surface area (Å²) in [6, 6.07) is 0.0555. The second-order valence-corrected chi connectivity index (χ2v) is 4.52. The average Bonchev–Trinajstić information content (AvgIpc) is 2.48. The van der Waals surface area contributed by atoms with Crippen LogP contribution in [0.15, 0.2) is 5.10 Å². The largest absolute Gasteiger partial charge is 0.377 e. The smallest absolute Gasteiger partial charge is 0.322 e. The van der Waals surface area contributed by atoms with Crippen molar-refractivity contribution in [3.63, 3.8) is 0 Å². The number of urea groups is 1. The van der Waals surface area contributed by atoms with Crippen molar-refractivity contribution >= 4 is 23.0 Å². The van der Waals surface area contributed by atoms with Crippen molar-refractivity contribution in [3.05, 3.63) is 0 Å². The molecule has 2 aliphatic rings. The van der Waals surface area contributed by atoms with Gasteiger partial charge in [0, 0.05) is 13.1 Å². The highest BCUT2D eigenvalue weighted by Gasteiger charge is 2.46. The summed E-state index contributed by atoms with van der Waals surface area (Å²) in [5.74, 6) is 0. The first-order chi connectivity index (χ1) is 7.19. The van der Waals surface area contributed by atoms with Gasteiger partial charge in [-0.15, -0.1) is 0 Å². The Bertz CT molecular complexity index is 307. The number of amides is 2. The van der Waals surface area contributed by atoms with Gasteiger partial charge in [0.2, 0.25) is 0 Å². The number of likely N-dealkylation sites (N-methyl/N-ethyl adjacent to an activating group) is 2. The van der Waals surface area contributed by atoms with Crippen molar-refractivity contribution in [2.75, 3.05) is 13.1 Å². The number of nitrogens with one attached hydrogen (secondary N) is 1. The Kier molecular flexibility index (Phi) is 2.64. The van der Waals surface area contributed by atoms with Crippen LogP contribution < -0.4 is 11.2 Å². The van der Waals surface area contributed by atoms with Crippen LogP contribution >= 0.6 is 11.8 Å². The number of rotatable bonds is 2. The van der Waals surface area contributed by atoms with E-state index in [1.807, 2.05) is 18.7 Å². The molecule has 15 heavy (non-hydrogen) atoms. The number of thioether (sulfide) groups is 1. The van der Waals surface area contributed by atoms with Gasteiger partial charge in [-0.3, -0.25) is 5.43 Å². The summed E-state index contributed by atoms with van der Waals surface area (Å²) < 4.78 is 0. The molecule has 0 spiro atoms. The van der Waals surface area contributed by atoms with Gasteiger partial charge in [-0.25, -0.2) is 4.79 Å². The molecule has 84 valence electrons. The van der Waals surface area contributed by atoms with E-state index < -0.39 is 0 Å². The molecule has 2 amide bonds. The zero-order chi connectivity index (χ0) is 11.0. The number of hydrogen-bond donors (Lipinski definition) is 2. The average molecular weight is 229 g/mol. The maximum Gasteiger partial charge on any atom is 0.322 e. The van der Waals surface area contributed by atoms with Gasteiger partial charge < -0.3 is 15.5 Å². The van der Waals surface area contributed by atoms with E-state index in [4.69, 9.17) is 5.73 Å². The topological polar surface area (TPSA) is 74.0 Å². The standard InChI is InChI=1S/C8H15N5OS/c1-3-12-5-6(13(4-2)8(12)14)15-7(9)11-10-5/h5-6,10H,3-4H2,1-2H3,(H2,9,11)/t5-,6+/m1/s1. The van der Waals surface area contributed by atoms with Crippen LogP contribution in [-0.4, -0.2) is 45.6 Å². The van der Waals surface area contributed by atoms with Crippen molar-refractivity contribution in [2.45, 2.75) is 25.4 Å². The van der Waals surface area contributed by atoms with E-state index in [0.29, 0.717) is 18.3 Å². The third kappa shape index (κ3) is 1.50. The predicted octanol–water partition coefficient (Wildman–Crippen LogP) is -0.0179. The molecule has 0 saturated carbocycles. The first-order valence-electron chi connectivity index (χ1n) is 5.01. The fourth-order valence-electron chi connectivity index (χ4n) is 1.91. The normalized spacial score (nSPS) is 30.0. The SMILES string of the molecule is CCN1C(=O)N(CC)[C@H]2SC(N)=NN[C@@H]21. The Morgan fingerprint density at radius 2 is 2.13 bits per heavy atom. The summed E-state index contributed by atoms with van der Waals surface area (Å²) in [6.07, 6.45) is -0.0558. The molecule has 2 aliphatic heterocycles. The van der Waals surface area contributed by atoms with E-state index in [2.05, 4.69) is 10.5 Å². The summed E-state index contributed by atoms with van der Waals surface area (Å²) in [5.41, 5.74) is 8.57. The molecule has 0 aromatic carbocycles. The van der Waals surface area contributed by atoms with Gasteiger partial charge in [0.15, 0.2) is 5.17 Å². The van der Waals surface area contributed by atoms with Crippen molar-refractivity contribution < 1.29 is 4.79 Å². The number of amidine groups is 1. The molecule has 2 atom stereocenters. The monoisotopic (exact) mass is 229 g/mol. The van der Waals surface area contributed by atoms with Crippen molar-refractivity contribution in [1.82, 2.24) is 15.2 Å². The van der Waals surface area contributed by atoms with Crippen LogP contribution in [0.3, 0.4) is 0 Å². The van der Waals surface area contributed by atoms with Crippen LogP contribution in [-0.2, 0) is 0 Å². The van der Waals surface area contributed by atoms with Crippen LogP contribution in [0, 0.1) is 0 Å². The van der Waals surface area contributed by atoms with Crippen molar-refractivity contribution in [2.24, 2.45) is 10.8 Å². The van der Waals surface area contributed by atoms with Crippen LogP contribution in [0.5, 0.6) is 0 Å². The first-order valence-corrected chi connectivity index (χ1v) is 5.89. The first kappa shape index (κ1) is 10.4. The molecule has 0 bridgehead atoms. The second kappa shape index (κ2) is 3.80. The number of hydrogen-bond acceptors (Lipinski definition) is 5. The number of carbonyl (C=O) groups excluding carboxylic acids is 1. The number of hydrazone groups is 1. The van der Waals surface area contributed by atoms with Gasteiger partial charge in [-0.2, -0.15) is 5.10 Å². The molecule has 2 rings (SSSR count). The van der Waals surface area contributed by atoms with E-state index in [1.54, 1.807) is 4.90 Å². The minimum absolute atomic E-state index is 0.0416. The molecule has 0 aliphatic carbocycles. The quantitative estimate of drug-likeness (QED) is 0.698. The maximum absolute atomic E-state index is 11.9. The molecule has 0 aromatic rings. The number of nitrogens with zero attached hydrogens (tertiary/aromatic N) is 3. The molecule has 0 radical (unpaired) electrons. The lowest BCUT2D eigenvalue weighted by molar-refractivity contribution is 0.186. The van der Waals surface area contributed by atoms with Crippen molar-refractivity contribution in [1.29, 1.82) is 0 Å². The van der Waals surface area contributed by atoms with Crippen LogP contribution in [0.2, 0.25) is 0 Å². The highest BCUT2D eigenvalue weighted by Crippen LogP contribution is 2.31. The summed E-state index contributed by atoms with van der Waals surface area (Å²) in [7, 11) is 0. The third-order valence-electron chi connectivity index (χ3n) is 2.63. The Labute approximate surface area is 92.8 Å². The Hall–Kier alpha value is -1.11. The minimum Gasteiger partial charge on any atom is -0.377 e. The van der Waals surface area contributed by atoms with E-state index in [-0.39, 0.29) is 17.6 Å². The van der Waals surface area contributed by atoms with Crippen molar-refractivity contribution in [3.8, 4) is 0 Å².